The van der Waals surface area contributed by atoms with E-state index in [2.05, 4.69) is 9.80 Å². The Balaban J connectivity index is 1.59. The molecule has 4 heteroatoms. The molecule has 2 aliphatic rings. The Bertz CT molecular complexity index is 209. The lowest BCUT2D eigenvalue weighted by molar-refractivity contribution is 0.0374. The summed E-state index contributed by atoms with van der Waals surface area (Å²) in [4.78, 5) is 5.13. The van der Waals surface area contributed by atoms with E-state index < -0.39 is 0 Å². The number of ether oxygens (including phenoxy) is 1. The lowest BCUT2D eigenvalue weighted by atomic mass is 10.1. The molecule has 2 fully saturated rings. The fourth-order valence-corrected chi connectivity index (χ4v) is 2.83. The van der Waals surface area contributed by atoms with Crippen LogP contribution in [0.4, 0.5) is 0 Å². The number of hydrogen-bond acceptors (Lipinski definition) is 4. The van der Waals surface area contributed by atoms with Crippen molar-refractivity contribution in [3.05, 3.63) is 0 Å². The first-order chi connectivity index (χ1) is 8.28. The molecule has 100 valence electrons. The Labute approximate surface area is 105 Å². The van der Waals surface area contributed by atoms with Crippen LogP contribution < -0.4 is 5.73 Å². The number of methoxy groups -OCH3 is 1. The van der Waals surface area contributed by atoms with Crippen molar-refractivity contribution in [1.82, 2.24) is 9.80 Å². The third kappa shape index (κ3) is 4.21. The highest BCUT2D eigenvalue weighted by Crippen LogP contribution is 2.13. The van der Waals surface area contributed by atoms with Crippen molar-refractivity contribution in [1.29, 1.82) is 0 Å². The number of nitrogens with two attached hydrogens (primary N) is 1. The number of nitrogens with zero attached hydrogens (tertiary/aromatic N) is 2. The predicted molar refractivity (Wildman–Crippen MR) is 70.1 cm³/mol. The molecule has 0 unspecified atom stereocenters. The van der Waals surface area contributed by atoms with Crippen molar-refractivity contribution in [2.24, 2.45) is 5.73 Å². The summed E-state index contributed by atoms with van der Waals surface area (Å²) in [6.45, 7) is 7.21. The van der Waals surface area contributed by atoms with Gasteiger partial charge in [0.25, 0.3) is 0 Å². The second-order valence-electron chi connectivity index (χ2n) is 5.46. The fraction of sp³-hybridized carbons (Fsp3) is 1.00. The van der Waals surface area contributed by atoms with Gasteiger partial charge >= 0.3 is 0 Å². The highest BCUT2D eigenvalue weighted by Gasteiger charge is 2.20. The van der Waals surface area contributed by atoms with E-state index in [9.17, 15) is 0 Å². The molecule has 0 aliphatic carbocycles. The van der Waals surface area contributed by atoms with Gasteiger partial charge in [0, 0.05) is 39.3 Å². The molecular formula is C13H27N3O. The van der Waals surface area contributed by atoms with Gasteiger partial charge in [-0.25, -0.2) is 0 Å². The smallest absolute Gasteiger partial charge is 0.0595 e. The zero-order chi connectivity index (χ0) is 12.1. The molecule has 2 saturated heterocycles. The first kappa shape index (κ1) is 13.3. The lowest BCUT2D eigenvalue weighted by Gasteiger charge is -2.35. The molecule has 4 nitrogen and oxygen atoms in total. The molecule has 0 radical (unpaired) electrons. The van der Waals surface area contributed by atoms with Crippen LogP contribution in [0, 0.1) is 0 Å². The highest BCUT2D eigenvalue weighted by molar-refractivity contribution is 4.77. The van der Waals surface area contributed by atoms with Crippen LogP contribution in [0.25, 0.3) is 0 Å². The summed E-state index contributed by atoms with van der Waals surface area (Å²) in [7, 11) is 1.83. The van der Waals surface area contributed by atoms with Crippen LogP contribution in [0.3, 0.4) is 0 Å². The molecule has 0 aromatic rings. The van der Waals surface area contributed by atoms with Gasteiger partial charge < -0.3 is 20.3 Å². The molecular weight excluding hydrogens is 214 g/mol. The van der Waals surface area contributed by atoms with Gasteiger partial charge in [-0.2, -0.15) is 0 Å². The van der Waals surface area contributed by atoms with Crippen molar-refractivity contribution in [2.45, 2.75) is 37.8 Å². The number of hydrogen-bond donors (Lipinski definition) is 1. The maximum Gasteiger partial charge on any atom is 0.0595 e. The second-order valence-corrected chi connectivity index (χ2v) is 5.46. The van der Waals surface area contributed by atoms with Crippen molar-refractivity contribution >= 4 is 0 Å². The number of rotatable bonds is 4. The van der Waals surface area contributed by atoms with Gasteiger partial charge in [0.2, 0.25) is 0 Å². The predicted octanol–water partition coefficient (Wildman–Crippen LogP) is 0.520. The Kier molecular flexibility index (Phi) is 5.22. The minimum atomic E-state index is 0.448. The standard InChI is InChI=1S/C13H27N3O/c1-17-13-4-8-16(9-5-13)11-10-15-6-2-12(14)3-7-15/h12-13H,2-11,14H2,1H3. The molecule has 0 amide bonds. The van der Waals surface area contributed by atoms with Gasteiger partial charge in [0.15, 0.2) is 0 Å². The van der Waals surface area contributed by atoms with E-state index in [1.165, 1.54) is 65.0 Å². The van der Waals surface area contributed by atoms with Crippen LogP contribution >= 0.6 is 0 Å². The van der Waals surface area contributed by atoms with E-state index in [4.69, 9.17) is 10.5 Å². The molecule has 0 aromatic heterocycles. The molecule has 2 rings (SSSR count). The van der Waals surface area contributed by atoms with Crippen LogP contribution in [0.15, 0.2) is 0 Å². The van der Waals surface area contributed by atoms with Gasteiger partial charge in [-0.1, -0.05) is 0 Å². The monoisotopic (exact) mass is 241 g/mol. The Hall–Kier alpha value is -0.160. The molecule has 0 saturated carbocycles. The fourth-order valence-electron chi connectivity index (χ4n) is 2.83. The van der Waals surface area contributed by atoms with Crippen molar-refractivity contribution in [3.63, 3.8) is 0 Å². The average Bonchev–Trinajstić information content (AvgIpc) is 2.39. The van der Waals surface area contributed by atoms with E-state index in [0.29, 0.717) is 12.1 Å². The zero-order valence-corrected chi connectivity index (χ0v) is 11.1. The summed E-state index contributed by atoms with van der Waals surface area (Å²) in [5.74, 6) is 0. The Morgan fingerprint density at radius 1 is 0.941 bits per heavy atom. The summed E-state index contributed by atoms with van der Waals surface area (Å²) in [6, 6.07) is 0.448. The van der Waals surface area contributed by atoms with Crippen molar-refractivity contribution < 1.29 is 4.74 Å². The quantitative estimate of drug-likeness (QED) is 0.779. The van der Waals surface area contributed by atoms with Gasteiger partial charge in [-0.3, -0.25) is 0 Å². The molecule has 0 bridgehead atoms. The van der Waals surface area contributed by atoms with E-state index in [-0.39, 0.29) is 0 Å². The molecule has 2 aliphatic heterocycles. The average molecular weight is 241 g/mol. The summed E-state index contributed by atoms with van der Waals surface area (Å²) < 4.78 is 5.39. The third-order valence-electron chi connectivity index (χ3n) is 4.23. The van der Waals surface area contributed by atoms with Gasteiger partial charge in [-0.05, 0) is 38.8 Å². The molecule has 0 aromatic carbocycles. The number of piperidine rings is 2. The number of likely N-dealkylation sites (tertiary alicyclic amines) is 2. The topological polar surface area (TPSA) is 41.7 Å². The van der Waals surface area contributed by atoms with E-state index in [1.807, 2.05) is 7.11 Å². The maximum atomic E-state index is 5.92. The van der Waals surface area contributed by atoms with E-state index >= 15 is 0 Å². The summed E-state index contributed by atoms with van der Waals surface area (Å²) in [5.41, 5.74) is 5.92. The maximum absolute atomic E-state index is 5.92. The van der Waals surface area contributed by atoms with Crippen LogP contribution in [0.5, 0.6) is 0 Å². The molecule has 2 heterocycles. The first-order valence-electron chi connectivity index (χ1n) is 7.01. The Morgan fingerprint density at radius 3 is 1.88 bits per heavy atom. The van der Waals surface area contributed by atoms with E-state index in [1.54, 1.807) is 0 Å². The van der Waals surface area contributed by atoms with E-state index in [0.717, 1.165) is 0 Å². The summed E-state index contributed by atoms with van der Waals surface area (Å²) in [6.07, 6.45) is 5.24. The van der Waals surface area contributed by atoms with Gasteiger partial charge in [-0.15, -0.1) is 0 Å². The molecule has 0 atom stereocenters. The van der Waals surface area contributed by atoms with Crippen LogP contribution in [0.2, 0.25) is 0 Å². The normalized spacial score (nSPS) is 26.5. The molecule has 17 heavy (non-hydrogen) atoms. The van der Waals surface area contributed by atoms with Crippen molar-refractivity contribution in [3.8, 4) is 0 Å². The van der Waals surface area contributed by atoms with Crippen molar-refractivity contribution in [2.75, 3.05) is 46.4 Å². The van der Waals surface area contributed by atoms with Crippen LogP contribution in [0.1, 0.15) is 25.7 Å². The molecule has 2 N–H and O–H groups in total. The van der Waals surface area contributed by atoms with Crippen LogP contribution in [-0.2, 0) is 4.74 Å². The largest absolute Gasteiger partial charge is 0.381 e. The lowest BCUT2D eigenvalue weighted by Crippen LogP contribution is -2.45. The minimum absolute atomic E-state index is 0.448. The third-order valence-corrected chi connectivity index (χ3v) is 4.23. The van der Waals surface area contributed by atoms with Gasteiger partial charge in [0.05, 0.1) is 6.10 Å². The van der Waals surface area contributed by atoms with Gasteiger partial charge in [0.1, 0.15) is 0 Å². The minimum Gasteiger partial charge on any atom is -0.381 e. The summed E-state index contributed by atoms with van der Waals surface area (Å²) >= 11 is 0. The first-order valence-corrected chi connectivity index (χ1v) is 7.01. The molecule has 0 spiro atoms. The second kappa shape index (κ2) is 6.69. The zero-order valence-electron chi connectivity index (χ0n) is 11.1. The summed E-state index contributed by atoms with van der Waals surface area (Å²) in [5, 5.41) is 0. The Morgan fingerprint density at radius 2 is 1.41 bits per heavy atom. The SMILES string of the molecule is COC1CCN(CCN2CCC(N)CC2)CC1. The van der Waals surface area contributed by atoms with Crippen LogP contribution in [-0.4, -0.2) is 68.3 Å². The highest BCUT2D eigenvalue weighted by atomic mass is 16.5.